The second kappa shape index (κ2) is 7.15. The summed E-state index contributed by atoms with van der Waals surface area (Å²) in [5.74, 6) is 0. The number of aryl methyl sites for hydroxylation is 2. The Morgan fingerprint density at radius 2 is 1.66 bits per heavy atom. The molecule has 0 N–H and O–H groups in total. The van der Waals surface area contributed by atoms with E-state index in [-0.39, 0.29) is 11.1 Å². The lowest BCUT2D eigenvalue weighted by Crippen LogP contribution is -2.39. The minimum Gasteiger partial charge on any atom is -0.341 e. The number of rotatable bonds is 4. The van der Waals surface area contributed by atoms with Crippen molar-refractivity contribution in [3.8, 4) is 6.07 Å². The van der Waals surface area contributed by atoms with Gasteiger partial charge in [-0.2, -0.15) is 15.5 Å². The number of hydrogen-bond acceptors (Lipinski definition) is 6. The van der Waals surface area contributed by atoms with E-state index in [1.54, 1.807) is 41.1 Å². The zero-order valence-corrected chi connectivity index (χ0v) is 19.1. The molecule has 0 aromatic carbocycles. The molecule has 0 amide bonds. The second-order valence-electron chi connectivity index (χ2n) is 9.66. The number of fused-ring (bicyclic) bond motifs is 2. The molecular formula is C22H26N8O2. The Kier molecular flexibility index (Phi) is 4.80. The lowest BCUT2D eigenvalue weighted by Gasteiger charge is -2.26. The molecule has 0 saturated heterocycles. The minimum atomic E-state index is -0.644. The van der Waals surface area contributed by atoms with Crippen molar-refractivity contribution in [1.82, 2.24) is 33.7 Å². The van der Waals surface area contributed by atoms with Crippen molar-refractivity contribution in [3.63, 3.8) is 0 Å². The lowest BCUT2D eigenvalue weighted by atomic mass is 10.0. The first kappa shape index (κ1) is 21.5. The van der Waals surface area contributed by atoms with E-state index in [4.69, 9.17) is 0 Å². The van der Waals surface area contributed by atoms with Gasteiger partial charge in [0.1, 0.15) is 22.6 Å². The standard InChI is InChI=1S/C22H26N8O2/c1-21(2,3)29-19(31)17-15(10-25-29)14(9-23)12-28(17)8-7-22(4,5)30-20(32)18-16(11-26-30)24-13-27(18)6/h10-13H,7-8H2,1-6H3. The van der Waals surface area contributed by atoms with Crippen LogP contribution in [0, 0.1) is 11.3 Å². The van der Waals surface area contributed by atoms with Crippen molar-refractivity contribution >= 4 is 21.9 Å². The van der Waals surface area contributed by atoms with Gasteiger partial charge in [-0.15, -0.1) is 0 Å². The first-order chi connectivity index (χ1) is 15.0. The van der Waals surface area contributed by atoms with Crippen LogP contribution in [0.15, 0.2) is 34.5 Å². The van der Waals surface area contributed by atoms with Crippen molar-refractivity contribution in [3.05, 3.63) is 51.2 Å². The van der Waals surface area contributed by atoms with Gasteiger partial charge in [0, 0.05) is 25.2 Å². The Morgan fingerprint density at radius 3 is 2.31 bits per heavy atom. The van der Waals surface area contributed by atoms with Crippen molar-refractivity contribution in [2.75, 3.05) is 0 Å². The highest BCUT2D eigenvalue weighted by molar-refractivity contribution is 5.84. The Hall–Kier alpha value is -3.74. The molecule has 10 heteroatoms. The zero-order chi connectivity index (χ0) is 23.4. The molecule has 4 rings (SSSR count). The lowest BCUT2D eigenvalue weighted by molar-refractivity contribution is 0.269. The molecule has 0 fully saturated rings. The maximum Gasteiger partial charge on any atom is 0.293 e. The van der Waals surface area contributed by atoms with Gasteiger partial charge < -0.3 is 9.13 Å². The molecule has 0 spiro atoms. The number of nitriles is 1. The maximum atomic E-state index is 13.2. The molecule has 166 valence electrons. The van der Waals surface area contributed by atoms with Crippen LogP contribution in [0.2, 0.25) is 0 Å². The van der Waals surface area contributed by atoms with Gasteiger partial charge in [0.05, 0.1) is 35.4 Å². The van der Waals surface area contributed by atoms with E-state index in [0.29, 0.717) is 40.5 Å². The van der Waals surface area contributed by atoms with Crippen LogP contribution < -0.4 is 11.1 Å². The van der Waals surface area contributed by atoms with E-state index in [9.17, 15) is 14.9 Å². The van der Waals surface area contributed by atoms with Crippen LogP contribution in [0.3, 0.4) is 0 Å². The van der Waals surface area contributed by atoms with Gasteiger partial charge in [-0.3, -0.25) is 9.59 Å². The number of nitrogens with zero attached hydrogens (tertiary/aromatic N) is 8. The summed E-state index contributed by atoms with van der Waals surface area (Å²) in [7, 11) is 1.78. The van der Waals surface area contributed by atoms with Crippen LogP contribution in [-0.2, 0) is 24.7 Å². The van der Waals surface area contributed by atoms with Gasteiger partial charge in [0.15, 0.2) is 0 Å². The average Bonchev–Trinajstić information content (AvgIpc) is 3.27. The van der Waals surface area contributed by atoms with E-state index >= 15 is 0 Å². The summed E-state index contributed by atoms with van der Waals surface area (Å²) in [6.07, 6.45) is 6.94. The van der Waals surface area contributed by atoms with E-state index in [1.165, 1.54) is 9.36 Å². The molecule has 4 aromatic heterocycles. The summed E-state index contributed by atoms with van der Waals surface area (Å²) in [6.45, 7) is 9.99. The molecule has 4 heterocycles. The summed E-state index contributed by atoms with van der Waals surface area (Å²) < 4.78 is 6.37. The van der Waals surface area contributed by atoms with Crippen LogP contribution >= 0.6 is 0 Å². The van der Waals surface area contributed by atoms with Crippen LogP contribution in [0.1, 0.15) is 46.6 Å². The maximum absolute atomic E-state index is 13.2. The van der Waals surface area contributed by atoms with Crippen LogP contribution in [0.5, 0.6) is 0 Å². The minimum absolute atomic E-state index is 0.220. The Balaban J connectivity index is 1.77. The highest BCUT2D eigenvalue weighted by atomic mass is 16.1. The first-order valence-corrected chi connectivity index (χ1v) is 10.4. The van der Waals surface area contributed by atoms with Crippen molar-refractivity contribution in [2.45, 2.75) is 58.7 Å². The fourth-order valence-corrected chi connectivity index (χ4v) is 3.95. The first-order valence-electron chi connectivity index (χ1n) is 10.4. The van der Waals surface area contributed by atoms with E-state index < -0.39 is 11.1 Å². The molecule has 0 radical (unpaired) electrons. The molecule has 0 bridgehead atoms. The summed E-state index contributed by atoms with van der Waals surface area (Å²) in [5, 5.41) is 18.7. The summed E-state index contributed by atoms with van der Waals surface area (Å²) in [5.41, 5.74) is 0.264. The van der Waals surface area contributed by atoms with Crippen molar-refractivity contribution in [2.24, 2.45) is 7.05 Å². The predicted molar refractivity (Wildman–Crippen MR) is 120 cm³/mol. The third-order valence-electron chi connectivity index (χ3n) is 5.76. The Bertz CT molecular complexity index is 1500. The summed E-state index contributed by atoms with van der Waals surface area (Å²) >= 11 is 0. The molecule has 0 atom stereocenters. The van der Waals surface area contributed by atoms with Crippen molar-refractivity contribution < 1.29 is 0 Å². The number of hydrogen-bond donors (Lipinski definition) is 0. The smallest absolute Gasteiger partial charge is 0.293 e. The molecule has 0 saturated carbocycles. The zero-order valence-electron chi connectivity index (χ0n) is 19.1. The Labute approximate surface area is 184 Å². The Morgan fingerprint density at radius 1 is 1.00 bits per heavy atom. The van der Waals surface area contributed by atoms with Crippen molar-refractivity contribution in [1.29, 1.82) is 5.26 Å². The van der Waals surface area contributed by atoms with Crippen LogP contribution in [-0.4, -0.2) is 33.7 Å². The van der Waals surface area contributed by atoms with Gasteiger partial charge in [0.2, 0.25) is 0 Å². The van der Waals surface area contributed by atoms with Crippen LogP contribution in [0.25, 0.3) is 21.9 Å². The molecule has 0 unspecified atom stereocenters. The number of imidazole rings is 1. The van der Waals surface area contributed by atoms with Gasteiger partial charge in [-0.25, -0.2) is 14.3 Å². The molecule has 4 aromatic rings. The monoisotopic (exact) mass is 434 g/mol. The normalized spacial score (nSPS) is 12.5. The highest BCUT2D eigenvalue weighted by Crippen LogP contribution is 2.23. The largest absolute Gasteiger partial charge is 0.341 e. The highest BCUT2D eigenvalue weighted by Gasteiger charge is 2.26. The fourth-order valence-electron chi connectivity index (χ4n) is 3.95. The third-order valence-corrected chi connectivity index (χ3v) is 5.76. The molecule has 32 heavy (non-hydrogen) atoms. The molecule has 0 aliphatic heterocycles. The molecular weight excluding hydrogens is 408 g/mol. The van der Waals surface area contributed by atoms with Gasteiger partial charge in [0.25, 0.3) is 11.1 Å². The third kappa shape index (κ3) is 3.30. The predicted octanol–water partition coefficient (Wildman–Crippen LogP) is 2.09. The van der Waals surface area contributed by atoms with Crippen LogP contribution in [0.4, 0.5) is 0 Å². The van der Waals surface area contributed by atoms with Gasteiger partial charge in [-0.1, -0.05) is 0 Å². The topological polar surface area (TPSA) is 116 Å². The quantitative estimate of drug-likeness (QED) is 0.486. The van der Waals surface area contributed by atoms with Gasteiger partial charge in [-0.05, 0) is 41.0 Å². The second-order valence-corrected chi connectivity index (χ2v) is 9.66. The SMILES string of the molecule is Cn1cnc2cnn(C(C)(C)CCn3cc(C#N)c4cnn(C(C)(C)C)c(=O)c43)c(=O)c21. The summed E-state index contributed by atoms with van der Waals surface area (Å²) in [4.78, 5) is 30.5. The van der Waals surface area contributed by atoms with E-state index in [2.05, 4.69) is 21.3 Å². The molecule has 0 aliphatic carbocycles. The average molecular weight is 435 g/mol. The fraction of sp³-hybridized carbons (Fsp3) is 0.455. The molecule has 10 nitrogen and oxygen atoms in total. The number of aromatic nitrogens is 7. The van der Waals surface area contributed by atoms with Gasteiger partial charge >= 0.3 is 0 Å². The summed E-state index contributed by atoms with van der Waals surface area (Å²) in [6, 6.07) is 2.15. The molecule has 0 aliphatic rings. The van der Waals surface area contributed by atoms with E-state index in [1.807, 2.05) is 34.6 Å². The van der Waals surface area contributed by atoms with E-state index in [0.717, 1.165) is 0 Å².